The van der Waals surface area contributed by atoms with E-state index >= 15 is 0 Å². The van der Waals surface area contributed by atoms with Gasteiger partial charge in [0.1, 0.15) is 0 Å². The maximum atomic E-state index is 12.6. The van der Waals surface area contributed by atoms with E-state index in [2.05, 4.69) is 0 Å². The topological polar surface area (TPSA) is 46.6 Å². The number of sulfonamides is 1. The smallest absolute Gasteiger partial charge is 0.243 e. The Morgan fingerprint density at radius 3 is 2.37 bits per heavy atom. The minimum absolute atomic E-state index is 0.0908. The first-order valence-corrected chi connectivity index (χ1v) is 8.04. The van der Waals surface area contributed by atoms with E-state index in [1.807, 2.05) is 13.8 Å². The van der Waals surface area contributed by atoms with Crippen molar-refractivity contribution in [3.63, 3.8) is 0 Å². The van der Waals surface area contributed by atoms with Gasteiger partial charge in [-0.05, 0) is 44.5 Å². The number of nitrogens with zero attached hydrogens (tertiary/aromatic N) is 1. The standard InChI is InChI=1S/C13H18ClNO3S/c1-9-6-12(4-5-13(9)14)19(16,17)15-7-10(2)18-11(3)8-15/h4-6,10-11H,7-8H2,1-3H3. The molecule has 4 nitrogen and oxygen atoms in total. The minimum atomic E-state index is -3.47. The molecule has 0 aliphatic carbocycles. The molecule has 1 saturated heterocycles. The van der Waals surface area contributed by atoms with E-state index in [0.29, 0.717) is 18.1 Å². The molecule has 0 N–H and O–H groups in total. The quantitative estimate of drug-likeness (QED) is 0.843. The maximum Gasteiger partial charge on any atom is 0.243 e. The Labute approximate surface area is 119 Å². The van der Waals surface area contributed by atoms with Crippen molar-refractivity contribution < 1.29 is 13.2 Å². The van der Waals surface area contributed by atoms with Crippen LogP contribution in [0.4, 0.5) is 0 Å². The van der Waals surface area contributed by atoms with Crippen molar-refractivity contribution in [2.75, 3.05) is 13.1 Å². The Morgan fingerprint density at radius 2 is 1.84 bits per heavy atom. The highest BCUT2D eigenvalue weighted by Crippen LogP contribution is 2.24. The summed E-state index contributed by atoms with van der Waals surface area (Å²) in [5.74, 6) is 0. The van der Waals surface area contributed by atoms with Crippen molar-refractivity contribution in [2.24, 2.45) is 0 Å². The molecular formula is C13H18ClNO3S. The van der Waals surface area contributed by atoms with E-state index < -0.39 is 10.0 Å². The van der Waals surface area contributed by atoms with Crippen LogP contribution in [0.15, 0.2) is 23.1 Å². The van der Waals surface area contributed by atoms with Crippen LogP contribution in [-0.2, 0) is 14.8 Å². The lowest BCUT2D eigenvalue weighted by atomic mass is 10.2. The highest BCUT2D eigenvalue weighted by atomic mass is 35.5. The second-order valence-electron chi connectivity index (χ2n) is 4.99. The Balaban J connectivity index is 2.33. The summed E-state index contributed by atoms with van der Waals surface area (Å²) in [6, 6.07) is 4.79. The summed E-state index contributed by atoms with van der Waals surface area (Å²) >= 11 is 5.93. The van der Waals surface area contributed by atoms with Gasteiger partial charge in [-0.1, -0.05) is 11.6 Å². The molecular weight excluding hydrogens is 286 g/mol. The van der Waals surface area contributed by atoms with E-state index in [-0.39, 0.29) is 17.1 Å². The highest BCUT2D eigenvalue weighted by Gasteiger charge is 2.32. The predicted molar refractivity (Wildman–Crippen MR) is 75.0 cm³/mol. The van der Waals surface area contributed by atoms with Crippen LogP contribution in [0.1, 0.15) is 19.4 Å². The molecule has 1 aliphatic heterocycles. The Hall–Kier alpha value is -0.620. The van der Waals surface area contributed by atoms with Gasteiger partial charge in [0.25, 0.3) is 0 Å². The summed E-state index contributed by atoms with van der Waals surface area (Å²) in [5, 5.41) is 0.572. The molecule has 2 atom stereocenters. The first-order valence-electron chi connectivity index (χ1n) is 6.22. The van der Waals surface area contributed by atoms with Gasteiger partial charge in [0.15, 0.2) is 0 Å². The van der Waals surface area contributed by atoms with E-state index in [0.717, 1.165) is 5.56 Å². The van der Waals surface area contributed by atoms with Crippen molar-refractivity contribution in [2.45, 2.75) is 37.9 Å². The molecule has 1 heterocycles. The summed E-state index contributed by atoms with van der Waals surface area (Å²) in [7, 11) is -3.47. The maximum absolute atomic E-state index is 12.6. The molecule has 0 bridgehead atoms. The SMILES string of the molecule is Cc1cc(S(=O)(=O)N2CC(C)OC(C)C2)ccc1Cl. The number of hydrogen-bond acceptors (Lipinski definition) is 3. The third-order valence-corrected chi connectivity index (χ3v) is 5.41. The molecule has 1 fully saturated rings. The first kappa shape index (κ1) is 14.8. The molecule has 0 spiro atoms. The molecule has 19 heavy (non-hydrogen) atoms. The molecule has 0 amide bonds. The predicted octanol–water partition coefficient (Wildman–Crippen LogP) is 2.45. The summed E-state index contributed by atoms with van der Waals surface area (Å²) in [5.41, 5.74) is 0.761. The number of ether oxygens (including phenoxy) is 1. The van der Waals surface area contributed by atoms with E-state index in [4.69, 9.17) is 16.3 Å². The van der Waals surface area contributed by atoms with Gasteiger partial charge >= 0.3 is 0 Å². The van der Waals surface area contributed by atoms with Crippen LogP contribution >= 0.6 is 11.6 Å². The van der Waals surface area contributed by atoms with Crippen LogP contribution < -0.4 is 0 Å². The van der Waals surface area contributed by atoms with Crippen molar-refractivity contribution in [1.82, 2.24) is 4.31 Å². The molecule has 6 heteroatoms. The fraction of sp³-hybridized carbons (Fsp3) is 0.538. The second kappa shape index (κ2) is 5.40. The molecule has 0 radical (unpaired) electrons. The van der Waals surface area contributed by atoms with Crippen molar-refractivity contribution in [3.8, 4) is 0 Å². The number of morpholine rings is 1. The summed E-state index contributed by atoms with van der Waals surface area (Å²) in [6.07, 6.45) is -0.182. The molecule has 1 aromatic carbocycles. The van der Waals surface area contributed by atoms with Gasteiger partial charge in [-0.25, -0.2) is 8.42 Å². The number of aryl methyl sites for hydroxylation is 1. The van der Waals surface area contributed by atoms with E-state index in [1.54, 1.807) is 25.1 Å². The van der Waals surface area contributed by atoms with E-state index in [1.165, 1.54) is 4.31 Å². The van der Waals surface area contributed by atoms with Gasteiger partial charge in [0, 0.05) is 18.1 Å². The zero-order chi connectivity index (χ0) is 14.2. The fourth-order valence-corrected chi connectivity index (χ4v) is 4.05. The van der Waals surface area contributed by atoms with Gasteiger partial charge in [-0.15, -0.1) is 0 Å². The average Bonchev–Trinajstić information content (AvgIpc) is 2.31. The monoisotopic (exact) mass is 303 g/mol. The third kappa shape index (κ3) is 3.11. The highest BCUT2D eigenvalue weighted by molar-refractivity contribution is 7.89. The summed E-state index contributed by atoms with van der Waals surface area (Å²) < 4.78 is 32.2. The molecule has 1 aromatic rings. The Kier molecular flexibility index (Phi) is 4.20. The largest absolute Gasteiger partial charge is 0.373 e. The lowest BCUT2D eigenvalue weighted by molar-refractivity contribution is -0.0440. The van der Waals surface area contributed by atoms with Crippen molar-refractivity contribution in [1.29, 1.82) is 0 Å². The van der Waals surface area contributed by atoms with Crippen molar-refractivity contribution >= 4 is 21.6 Å². The minimum Gasteiger partial charge on any atom is -0.373 e. The van der Waals surface area contributed by atoms with Crippen LogP contribution in [-0.4, -0.2) is 38.0 Å². The first-order chi connectivity index (χ1) is 8.80. The van der Waals surface area contributed by atoms with Gasteiger partial charge in [-0.3, -0.25) is 0 Å². The summed E-state index contributed by atoms with van der Waals surface area (Å²) in [4.78, 5) is 0.288. The van der Waals surface area contributed by atoms with Crippen LogP contribution in [0.5, 0.6) is 0 Å². The zero-order valence-electron chi connectivity index (χ0n) is 11.3. The number of benzene rings is 1. The van der Waals surface area contributed by atoms with Gasteiger partial charge < -0.3 is 4.74 Å². The van der Waals surface area contributed by atoms with Crippen LogP contribution in [0.3, 0.4) is 0 Å². The Bertz CT molecular complexity index is 563. The van der Waals surface area contributed by atoms with Crippen molar-refractivity contribution in [3.05, 3.63) is 28.8 Å². The molecule has 2 rings (SSSR count). The molecule has 1 aliphatic rings. The second-order valence-corrected chi connectivity index (χ2v) is 7.34. The average molecular weight is 304 g/mol. The van der Waals surface area contributed by atoms with Crippen LogP contribution in [0, 0.1) is 6.92 Å². The fourth-order valence-electron chi connectivity index (χ4n) is 2.25. The molecule has 2 unspecified atom stereocenters. The normalized spacial score (nSPS) is 25.5. The summed E-state index contributed by atoms with van der Waals surface area (Å²) in [6.45, 7) is 6.32. The van der Waals surface area contributed by atoms with Gasteiger partial charge in [-0.2, -0.15) is 4.31 Å². The molecule has 106 valence electrons. The molecule has 0 aromatic heterocycles. The number of rotatable bonds is 2. The lowest BCUT2D eigenvalue weighted by Crippen LogP contribution is -2.48. The van der Waals surface area contributed by atoms with Crippen LogP contribution in [0.2, 0.25) is 5.02 Å². The van der Waals surface area contributed by atoms with Crippen LogP contribution in [0.25, 0.3) is 0 Å². The molecule has 0 saturated carbocycles. The lowest BCUT2D eigenvalue weighted by Gasteiger charge is -2.34. The number of halogens is 1. The van der Waals surface area contributed by atoms with Gasteiger partial charge in [0.05, 0.1) is 17.1 Å². The van der Waals surface area contributed by atoms with E-state index in [9.17, 15) is 8.42 Å². The Morgan fingerprint density at radius 1 is 1.26 bits per heavy atom. The zero-order valence-corrected chi connectivity index (χ0v) is 12.8. The number of hydrogen-bond donors (Lipinski definition) is 0. The third-order valence-electron chi connectivity index (χ3n) is 3.15. The van der Waals surface area contributed by atoms with Gasteiger partial charge in [0.2, 0.25) is 10.0 Å².